The molecule has 0 saturated heterocycles. The highest BCUT2D eigenvalue weighted by Gasteiger charge is 2.48. The number of anilines is 3. The molecule has 0 spiro atoms. The van der Waals surface area contributed by atoms with Gasteiger partial charge in [-0.05, 0) is 72.6 Å². The maximum atomic E-state index is 18.2. The van der Waals surface area contributed by atoms with Crippen LogP contribution in [0.2, 0.25) is 0 Å². The van der Waals surface area contributed by atoms with Crippen molar-refractivity contribution in [3.63, 3.8) is 0 Å². The predicted molar refractivity (Wildman–Crippen MR) is 170 cm³/mol. The van der Waals surface area contributed by atoms with Gasteiger partial charge in [-0.3, -0.25) is 14.6 Å². The molecule has 6 aromatic rings. The zero-order valence-corrected chi connectivity index (χ0v) is 24.3. The Morgan fingerprint density at radius 1 is 0.864 bits per heavy atom. The van der Waals surface area contributed by atoms with E-state index in [1.54, 1.807) is 37.4 Å². The fraction of sp³-hybridized carbons (Fsp3) is 0.0588. The predicted octanol–water partition coefficient (Wildman–Crippen LogP) is 7.58. The lowest BCUT2D eigenvalue weighted by atomic mass is 9.99. The number of para-hydroxylation sites is 1. The number of hydrogen-bond donors (Lipinski definition) is 3. The molecule has 0 radical (unpaired) electrons. The van der Waals surface area contributed by atoms with Crippen molar-refractivity contribution in [3.05, 3.63) is 138 Å². The monoisotopic (exact) mass is 603 g/mol. The third-order valence-corrected chi connectivity index (χ3v) is 8.56. The fourth-order valence-corrected chi connectivity index (χ4v) is 6.29. The van der Waals surface area contributed by atoms with Crippen LogP contribution in [0, 0.1) is 6.92 Å². The van der Waals surface area contributed by atoms with E-state index >= 15 is 4.39 Å². The van der Waals surface area contributed by atoms with Gasteiger partial charge >= 0.3 is 5.92 Å². The van der Waals surface area contributed by atoms with Crippen molar-refractivity contribution in [2.75, 3.05) is 10.2 Å². The van der Waals surface area contributed by atoms with Gasteiger partial charge in [0, 0.05) is 22.3 Å². The Bertz CT molecular complexity index is 2170. The number of nitrogens with zero attached hydrogens (tertiary/aromatic N) is 3. The van der Waals surface area contributed by atoms with Gasteiger partial charge in [0.2, 0.25) is 0 Å². The molecule has 1 aliphatic rings. The van der Waals surface area contributed by atoms with E-state index in [2.05, 4.69) is 20.5 Å². The van der Waals surface area contributed by atoms with Crippen LogP contribution in [-0.4, -0.2) is 29.0 Å². The number of hydrogen-bond acceptors (Lipinski definition) is 6. The molecule has 44 heavy (non-hydrogen) atoms. The topological polar surface area (TPSA) is 111 Å². The molecule has 218 valence electrons. The number of aliphatic imine (C=N–C) groups is 1. The number of rotatable bonds is 5. The van der Waals surface area contributed by atoms with E-state index in [0.717, 1.165) is 22.0 Å². The summed E-state index contributed by atoms with van der Waals surface area (Å²) in [6.07, 6.45) is 1.68. The third-order valence-electron chi connectivity index (χ3n) is 7.65. The van der Waals surface area contributed by atoms with Gasteiger partial charge in [0.05, 0.1) is 23.0 Å². The Hall–Kier alpha value is -5.32. The summed E-state index contributed by atoms with van der Waals surface area (Å²) in [4.78, 5) is 5.40. The van der Waals surface area contributed by atoms with Crippen molar-refractivity contribution in [2.45, 2.75) is 17.7 Å². The summed E-state index contributed by atoms with van der Waals surface area (Å²) in [5.41, 5.74) is 5.16. The Kier molecular flexibility index (Phi) is 6.53. The van der Waals surface area contributed by atoms with Gasteiger partial charge in [-0.2, -0.15) is 17.9 Å². The lowest BCUT2D eigenvalue weighted by Gasteiger charge is -2.42. The maximum absolute atomic E-state index is 18.2. The first-order valence-electron chi connectivity index (χ1n) is 13.8. The molecule has 0 saturated carbocycles. The van der Waals surface area contributed by atoms with Crippen LogP contribution >= 0.6 is 0 Å². The van der Waals surface area contributed by atoms with Crippen molar-refractivity contribution in [1.29, 1.82) is 0 Å². The zero-order chi connectivity index (χ0) is 30.5. The van der Waals surface area contributed by atoms with Crippen LogP contribution in [0.4, 0.5) is 21.5 Å². The summed E-state index contributed by atoms with van der Waals surface area (Å²) in [5.74, 6) is -2.60. The first-order chi connectivity index (χ1) is 21.2. The molecule has 3 N–H and O–H groups in total. The van der Waals surface area contributed by atoms with Gasteiger partial charge in [0.25, 0.3) is 10.1 Å². The summed E-state index contributed by atoms with van der Waals surface area (Å²) in [7, 11) is -4.82. The second kappa shape index (κ2) is 10.4. The molecule has 0 amide bonds. The number of halogens is 1. The van der Waals surface area contributed by atoms with Crippen molar-refractivity contribution < 1.29 is 17.4 Å². The number of amidine groups is 1. The lowest BCUT2D eigenvalue weighted by molar-refractivity contribution is 0.179. The van der Waals surface area contributed by atoms with Crippen LogP contribution < -0.4 is 10.2 Å². The minimum atomic E-state index is -4.82. The van der Waals surface area contributed by atoms with Crippen molar-refractivity contribution in [2.24, 2.45) is 4.99 Å². The van der Waals surface area contributed by atoms with E-state index in [1.165, 1.54) is 23.1 Å². The molecule has 1 aromatic heterocycles. The Morgan fingerprint density at radius 3 is 2.36 bits per heavy atom. The third kappa shape index (κ3) is 4.80. The SMILES string of the molecule is Cc1ccc(S(=O)(=O)O)c(C2(F)N=C(Nc3ccc4[nH]ncc4c3)c3ccccc3N2c2ccc(-c3ccccc3)cc2)c1. The van der Waals surface area contributed by atoms with E-state index in [-0.39, 0.29) is 11.4 Å². The minimum absolute atomic E-state index is 0.186. The summed E-state index contributed by atoms with van der Waals surface area (Å²) >= 11 is 0. The molecular weight excluding hydrogens is 577 g/mol. The highest BCUT2D eigenvalue weighted by atomic mass is 32.2. The number of aryl methyl sites for hydroxylation is 1. The van der Waals surface area contributed by atoms with E-state index in [4.69, 9.17) is 0 Å². The molecule has 0 bridgehead atoms. The lowest BCUT2D eigenvalue weighted by Crippen LogP contribution is -2.44. The maximum Gasteiger partial charge on any atom is 0.311 e. The number of H-pyrrole nitrogens is 1. The highest BCUT2D eigenvalue weighted by Crippen LogP contribution is 2.48. The molecular formula is C34H26FN5O3S. The van der Waals surface area contributed by atoms with Gasteiger partial charge in [0.1, 0.15) is 10.7 Å². The number of aromatic nitrogens is 2. The average Bonchev–Trinajstić information content (AvgIpc) is 3.49. The van der Waals surface area contributed by atoms with Gasteiger partial charge in [-0.15, -0.1) is 0 Å². The molecule has 0 fully saturated rings. The van der Waals surface area contributed by atoms with Crippen LogP contribution in [0.1, 0.15) is 16.7 Å². The van der Waals surface area contributed by atoms with Gasteiger partial charge in [-0.25, -0.2) is 4.99 Å². The van der Waals surface area contributed by atoms with E-state index in [0.29, 0.717) is 28.2 Å². The molecule has 1 unspecified atom stereocenters. The average molecular weight is 604 g/mol. The first kappa shape index (κ1) is 27.5. The number of alkyl halides is 1. The van der Waals surface area contributed by atoms with Crippen LogP contribution in [0.5, 0.6) is 0 Å². The van der Waals surface area contributed by atoms with E-state index in [9.17, 15) is 13.0 Å². The Balaban J connectivity index is 1.45. The van der Waals surface area contributed by atoms with Crippen LogP contribution in [0.3, 0.4) is 0 Å². The number of nitrogens with one attached hydrogen (secondary N) is 2. The van der Waals surface area contributed by atoms with Crippen molar-refractivity contribution in [1.82, 2.24) is 10.2 Å². The van der Waals surface area contributed by atoms with Crippen LogP contribution in [-0.2, 0) is 16.0 Å². The summed E-state index contributed by atoms with van der Waals surface area (Å²) in [6.45, 7) is 1.72. The normalized spacial score (nSPS) is 16.4. The fourth-order valence-electron chi connectivity index (χ4n) is 5.58. The molecule has 1 aliphatic heterocycles. The largest absolute Gasteiger partial charge is 0.340 e. The number of benzene rings is 5. The number of fused-ring (bicyclic) bond motifs is 2. The molecule has 7 rings (SSSR count). The van der Waals surface area contributed by atoms with Gasteiger partial charge in [0.15, 0.2) is 0 Å². The standard InChI is InChI=1S/C34H26FN5O3S/c1-22-11-18-32(44(41,42)43)29(19-22)34(35)38-33(37-26-14-17-30-25(20-26)21-36-39-30)28-9-5-6-10-31(28)40(34)27-15-12-24(13-16-27)23-7-3-2-4-8-23/h2-21H,1H3,(H,36,39)(H,37,38)(H,41,42,43). The van der Waals surface area contributed by atoms with Crippen LogP contribution in [0.15, 0.2) is 131 Å². The van der Waals surface area contributed by atoms with E-state index in [1.807, 2.05) is 72.8 Å². The highest BCUT2D eigenvalue weighted by molar-refractivity contribution is 7.85. The molecule has 8 nitrogen and oxygen atoms in total. The van der Waals surface area contributed by atoms with Gasteiger partial charge < -0.3 is 5.32 Å². The summed E-state index contributed by atoms with van der Waals surface area (Å²) in [5, 5.41) is 11.1. The first-order valence-corrected chi connectivity index (χ1v) is 15.3. The molecule has 5 aromatic carbocycles. The molecule has 2 heterocycles. The minimum Gasteiger partial charge on any atom is -0.340 e. The summed E-state index contributed by atoms with van der Waals surface area (Å²) in [6, 6.07) is 33.9. The Morgan fingerprint density at radius 2 is 1.59 bits per heavy atom. The van der Waals surface area contributed by atoms with Gasteiger partial charge in [-0.1, -0.05) is 66.2 Å². The van der Waals surface area contributed by atoms with Crippen molar-refractivity contribution in [3.8, 4) is 11.1 Å². The quantitative estimate of drug-likeness (QED) is 0.138. The van der Waals surface area contributed by atoms with Crippen molar-refractivity contribution >= 4 is 43.9 Å². The Labute approximate surface area is 253 Å². The van der Waals surface area contributed by atoms with E-state index < -0.39 is 20.9 Å². The zero-order valence-electron chi connectivity index (χ0n) is 23.4. The second-order valence-electron chi connectivity index (χ2n) is 10.6. The van der Waals surface area contributed by atoms with Crippen LogP contribution in [0.25, 0.3) is 22.0 Å². The smallest absolute Gasteiger partial charge is 0.311 e. The molecule has 1 atom stereocenters. The summed E-state index contributed by atoms with van der Waals surface area (Å²) < 4.78 is 53.6. The number of aromatic amines is 1. The molecule has 0 aliphatic carbocycles. The molecule has 10 heteroatoms. The second-order valence-corrected chi connectivity index (χ2v) is 12.0.